The van der Waals surface area contributed by atoms with Gasteiger partial charge >= 0.3 is 0 Å². The topological polar surface area (TPSA) is 63.7 Å². The van der Waals surface area contributed by atoms with Crippen molar-refractivity contribution in [2.45, 2.75) is 6.04 Å². The van der Waals surface area contributed by atoms with Crippen molar-refractivity contribution >= 4 is 5.91 Å². The first kappa shape index (κ1) is 17.4. The minimum Gasteiger partial charge on any atom is -0.492 e. The predicted octanol–water partition coefficient (Wildman–Crippen LogP) is 1.65. The number of amides is 1. The number of pyridine rings is 1. The number of hydrogen-bond acceptors (Lipinski definition) is 5. The van der Waals surface area contributed by atoms with Gasteiger partial charge in [-0.3, -0.25) is 14.7 Å². The van der Waals surface area contributed by atoms with Crippen molar-refractivity contribution in [3.8, 4) is 5.75 Å². The summed E-state index contributed by atoms with van der Waals surface area (Å²) < 4.78 is 11.0. The Hall–Kier alpha value is -2.44. The van der Waals surface area contributed by atoms with Crippen LogP contribution in [0.3, 0.4) is 0 Å². The van der Waals surface area contributed by atoms with E-state index in [2.05, 4.69) is 15.2 Å². The Balaban J connectivity index is 1.57. The molecule has 3 rings (SSSR count). The molecule has 1 saturated heterocycles. The lowest BCUT2D eigenvalue weighted by Crippen LogP contribution is -2.46. The smallest absolute Gasteiger partial charge is 0.242 e. The average Bonchev–Trinajstić information content (AvgIpc) is 2.68. The maximum absolute atomic E-state index is 12.8. The van der Waals surface area contributed by atoms with Gasteiger partial charge in [-0.2, -0.15) is 0 Å². The van der Waals surface area contributed by atoms with Gasteiger partial charge in [0.1, 0.15) is 18.4 Å². The van der Waals surface area contributed by atoms with E-state index in [1.54, 1.807) is 12.4 Å². The van der Waals surface area contributed by atoms with Gasteiger partial charge in [0.25, 0.3) is 0 Å². The molecule has 1 amide bonds. The van der Waals surface area contributed by atoms with Crippen LogP contribution in [-0.2, 0) is 9.53 Å². The highest BCUT2D eigenvalue weighted by atomic mass is 16.5. The largest absolute Gasteiger partial charge is 0.492 e. The zero-order valence-corrected chi connectivity index (χ0v) is 14.1. The van der Waals surface area contributed by atoms with E-state index in [9.17, 15) is 4.79 Å². The Morgan fingerprint density at radius 1 is 1.20 bits per heavy atom. The standard InChI is InChI=1S/C19H23N3O3/c23-19(21-9-12-25-17-6-2-1-3-7-17)18(16-5-4-8-20-15-16)22-10-13-24-14-11-22/h1-8,15,18H,9-14H2,(H,21,23)/t18-/m0/s1. The summed E-state index contributed by atoms with van der Waals surface area (Å²) in [6.45, 7) is 3.62. The van der Waals surface area contributed by atoms with Gasteiger partial charge in [0.2, 0.25) is 5.91 Å². The second kappa shape index (κ2) is 9.15. The van der Waals surface area contributed by atoms with E-state index in [-0.39, 0.29) is 11.9 Å². The second-order valence-corrected chi connectivity index (χ2v) is 5.79. The number of carbonyl (C=O) groups excluding carboxylic acids is 1. The maximum atomic E-state index is 12.8. The van der Waals surface area contributed by atoms with Crippen LogP contribution in [-0.4, -0.2) is 55.2 Å². The second-order valence-electron chi connectivity index (χ2n) is 5.79. The van der Waals surface area contributed by atoms with Gasteiger partial charge in [-0.1, -0.05) is 24.3 Å². The van der Waals surface area contributed by atoms with Crippen molar-refractivity contribution < 1.29 is 14.3 Å². The normalized spacial score (nSPS) is 16.2. The molecule has 6 heteroatoms. The molecule has 1 aliphatic rings. The molecule has 1 fully saturated rings. The third-order valence-corrected chi connectivity index (χ3v) is 4.07. The lowest BCUT2D eigenvalue weighted by Gasteiger charge is -2.33. The van der Waals surface area contributed by atoms with Crippen LogP contribution >= 0.6 is 0 Å². The van der Waals surface area contributed by atoms with Crippen LogP contribution in [0.5, 0.6) is 5.75 Å². The summed E-state index contributed by atoms with van der Waals surface area (Å²) >= 11 is 0. The first-order chi connectivity index (χ1) is 12.3. The summed E-state index contributed by atoms with van der Waals surface area (Å²) in [5.74, 6) is 0.764. The molecular weight excluding hydrogens is 318 g/mol. The van der Waals surface area contributed by atoms with Gasteiger partial charge in [0.05, 0.1) is 19.8 Å². The van der Waals surface area contributed by atoms with Gasteiger partial charge in [-0.25, -0.2) is 0 Å². The van der Waals surface area contributed by atoms with Crippen molar-refractivity contribution in [1.29, 1.82) is 0 Å². The van der Waals surface area contributed by atoms with Crippen molar-refractivity contribution in [3.63, 3.8) is 0 Å². The summed E-state index contributed by atoms with van der Waals surface area (Å²) in [4.78, 5) is 19.1. The molecule has 1 atom stereocenters. The van der Waals surface area contributed by atoms with Gasteiger partial charge < -0.3 is 14.8 Å². The van der Waals surface area contributed by atoms with Crippen LogP contribution in [0.25, 0.3) is 0 Å². The summed E-state index contributed by atoms with van der Waals surface area (Å²) in [6, 6.07) is 13.0. The fourth-order valence-electron chi connectivity index (χ4n) is 2.86. The minimum atomic E-state index is -0.352. The van der Waals surface area contributed by atoms with E-state index in [0.29, 0.717) is 26.4 Å². The minimum absolute atomic E-state index is 0.0356. The van der Waals surface area contributed by atoms with Gasteiger partial charge in [-0.15, -0.1) is 0 Å². The van der Waals surface area contributed by atoms with E-state index in [1.807, 2.05) is 42.5 Å². The Kier molecular flexibility index (Phi) is 6.36. The third kappa shape index (κ3) is 5.01. The number of para-hydroxylation sites is 1. The number of nitrogens with one attached hydrogen (secondary N) is 1. The lowest BCUT2D eigenvalue weighted by atomic mass is 10.1. The molecule has 6 nitrogen and oxygen atoms in total. The van der Waals surface area contributed by atoms with Crippen LogP contribution < -0.4 is 10.1 Å². The van der Waals surface area contributed by atoms with E-state index in [0.717, 1.165) is 24.4 Å². The van der Waals surface area contributed by atoms with Crippen LogP contribution in [0.1, 0.15) is 11.6 Å². The molecule has 0 unspecified atom stereocenters. The number of morpholine rings is 1. The molecule has 132 valence electrons. The van der Waals surface area contributed by atoms with Crippen LogP contribution in [0.15, 0.2) is 54.9 Å². The molecule has 0 radical (unpaired) electrons. The monoisotopic (exact) mass is 341 g/mol. The molecule has 2 aromatic rings. The Labute approximate surface area is 147 Å². The summed E-state index contributed by atoms with van der Waals surface area (Å²) in [7, 11) is 0. The highest BCUT2D eigenvalue weighted by Crippen LogP contribution is 2.21. The van der Waals surface area contributed by atoms with E-state index < -0.39 is 0 Å². The van der Waals surface area contributed by atoms with Crippen molar-refractivity contribution in [2.24, 2.45) is 0 Å². The first-order valence-electron chi connectivity index (χ1n) is 8.52. The molecule has 2 heterocycles. The zero-order valence-electron chi connectivity index (χ0n) is 14.1. The SMILES string of the molecule is O=C(NCCOc1ccccc1)[C@H](c1cccnc1)N1CCOCC1. The van der Waals surface area contributed by atoms with Crippen LogP contribution in [0.2, 0.25) is 0 Å². The quantitative estimate of drug-likeness (QED) is 0.776. The van der Waals surface area contributed by atoms with Crippen molar-refractivity contribution in [2.75, 3.05) is 39.5 Å². The lowest BCUT2D eigenvalue weighted by molar-refractivity contribution is -0.128. The Morgan fingerprint density at radius 2 is 2.00 bits per heavy atom. The first-order valence-corrected chi connectivity index (χ1v) is 8.52. The number of carbonyl (C=O) groups is 1. The summed E-state index contributed by atoms with van der Waals surface area (Å²) in [6.07, 6.45) is 3.46. The van der Waals surface area contributed by atoms with Gasteiger partial charge in [-0.05, 0) is 23.8 Å². The molecule has 0 bridgehead atoms. The molecule has 1 N–H and O–H groups in total. The number of ether oxygens (including phenoxy) is 2. The molecule has 0 saturated carbocycles. The van der Waals surface area contributed by atoms with E-state index in [1.165, 1.54) is 0 Å². The molecular formula is C19H23N3O3. The highest BCUT2D eigenvalue weighted by Gasteiger charge is 2.28. The van der Waals surface area contributed by atoms with Gasteiger partial charge in [0.15, 0.2) is 0 Å². The average molecular weight is 341 g/mol. The Morgan fingerprint density at radius 3 is 2.72 bits per heavy atom. The molecule has 0 aliphatic carbocycles. The molecule has 1 aromatic carbocycles. The van der Waals surface area contributed by atoms with E-state index in [4.69, 9.17) is 9.47 Å². The summed E-state index contributed by atoms with van der Waals surface area (Å²) in [5.41, 5.74) is 0.894. The third-order valence-electron chi connectivity index (χ3n) is 4.07. The number of hydrogen-bond donors (Lipinski definition) is 1. The van der Waals surface area contributed by atoms with Crippen molar-refractivity contribution in [3.05, 3.63) is 60.4 Å². The molecule has 25 heavy (non-hydrogen) atoms. The molecule has 1 aromatic heterocycles. The number of rotatable bonds is 7. The maximum Gasteiger partial charge on any atom is 0.242 e. The van der Waals surface area contributed by atoms with Crippen molar-refractivity contribution in [1.82, 2.24) is 15.2 Å². The highest BCUT2D eigenvalue weighted by molar-refractivity contribution is 5.83. The predicted molar refractivity (Wildman–Crippen MR) is 94.3 cm³/mol. The summed E-state index contributed by atoms with van der Waals surface area (Å²) in [5, 5.41) is 2.97. The molecule has 1 aliphatic heterocycles. The number of nitrogens with zero attached hydrogens (tertiary/aromatic N) is 2. The molecule has 0 spiro atoms. The van der Waals surface area contributed by atoms with E-state index >= 15 is 0 Å². The fourth-order valence-corrected chi connectivity index (χ4v) is 2.86. The van der Waals surface area contributed by atoms with Crippen LogP contribution in [0.4, 0.5) is 0 Å². The number of benzene rings is 1. The van der Waals surface area contributed by atoms with Crippen LogP contribution in [0, 0.1) is 0 Å². The van der Waals surface area contributed by atoms with Gasteiger partial charge in [0, 0.05) is 25.5 Å². The zero-order chi connectivity index (χ0) is 17.3. The Bertz CT molecular complexity index is 645. The number of aromatic nitrogens is 1. The fraction of sp³-hybridized carbons (Fsp3) is 0.368.